The van der Waals surface area contributed by atoms with Crippen LogP contribution in [-0.2, 0) is 6.42 Å². The highest BCUT2D eigenvalue weighted by Crippen LogP contribution is 2.20. The molecule has 6 heteroatoms. The molecule has 0 spiro atoms. The van der Waals surface area contributed by atoms with Gasteiger partial charge in [0.2, 0.25) is 0 Å². The Morgan fingerprint density at radius 2 is 2.24 bits per heavy atom. The Labute approximate surface area is 102 Å². The topological polar surface area (TPSA) is 69.1 Å². The van der Waals surface area contributed by atoms with Gasteiger partial charge in [0.1, 0.15) is 5.69 Å². The minimum absolute atomic E-state index is 0.619. The van der Waals surface area contributed by atoms with Crippen molar-refractivity contribution in [3.8, 4) is 11.5 Å². The number of rotatable bonds is 3. The third-order valence-electron chi connectivity index (χ3n) is 2.45. The first-order chi connectivity index (χ1) is 8.38. The highest BCUT2D eigenvalue weighted by Gasteiger charge is 2.10. The maximum atomic E-state index is 5.51. The Kier molecular flexibility index (Phi) is 2.58. The molecule has 3 aromatic rings. The zero-order valence-corrected chi connectivity index (χ0v) is 9.89. The molecular formula is C11H11N5S. The molecule has 3 aromatic heterocycles. The van der Waals surface area contributed by atoms with Gasteiger partial charge in [-0.2, -0.15) is 0 Å². The zero-order chi connectivity index (χ0) is 11.7. The molecule has 0 radical (unpaired) electrons. The van der Waals surface area contributed by atoms with E-state index in [-0.39, 0.29) is 0 Å². The van der Waals surface area contributed by atoms with E-state index >= 15 is 0 Å². The van der Waals surface area contributed by atoms with Gasteiger partial charge < -0.3 is 5.73 Å². The quantitative estimate of drug-likeness (QED) is 0.756. The van der Waals surface area contributed by atoms with Crippen molar-refractivity contribution in [2.24, 2.45) is 5.73 Å². The van der Waals surface area contributed by atoms with Gasteiger partial charge >= 0.3 is 0 Å². The van der Waals surface area contributed by atoms with Crippen molar-refractivity contribution in [1.29, 1.82) is 0 Å². The molecule has 3 heterocycles. The van der Waals surface area contributed by atoms with E-state index in [4.69, 9.17) is 5.73 Å². The lowest BCUT2D eigenvalue weighted by Gasteiger charge is -1.94. The van der Waals surface area contributed by atoms with Crippen LogP contribution in [0.1, 0.15) is 5.01 Å². The molecule has 5 nitrogen and oxygen atoms in total. The van der Waals surface area contributed by atoms with Gasteiger partial charge in [-0.05, 0) is 18.7 Å². The molecule has 0 amide bonds. The second-order valence-electron chi connectivity index (χ2n) is 3.62. The number of thiazole rings is 1. The fourth-order valence-electron chi connectivity index (χ4n) is 1.67. The predicted octanol–water partition coefficient (Wildman–Crippen LogP) is 1.35. The van der Waals surface area contributed by atoms with E-state index in [1.807, 2.05) is 34.2 Å². The van der Waals surface area contributed by atoms with E-state index in [9.17, 15) is 0 Å². The van der Waals surface area contributed by atoms with Crippen LogP contribution in [0.3, 0.4) is 0 Å². The van der Waals surface area contributed by atoms with E-state index < -0.39 is 0 Å². The molecule has 0 saturated carbocycles. The number of pyridine rings is 1. The molecule has 0 aliphatic heterocycles. The van der Waals surface area contributed by atoms with Crippen LogP contribution in [-0.4, -0.2) is 26.1 Å². The van der Waals surface area contributed by atoms with Crippen LogP contribution < -0.4 is 5.73 Å². The average Bonchev–Trinajstić information content (AvgIpc) is 2.95. The van der Waals surface area contributed by atoms with Gasteiger partial charge in [-0.15, -0.1) is 21.5 Å². The summed E-state index contributed by atoms with van der Waals surface area (Å²) in [5.41, 5.74) is 7.20. The smallest absolute Gasteiger partial charge is 0.187 e. The molecular weight excluding hydrogens is 234 g/mol. The van der Waals surface area contributed by atoms with Gasteiger partial charge in [-0.1, -0.05) is 6.07 Å². The van der Waals surface area contributed by atoms with E-state index in [1.165, 1.54) is 0 Å². The number of hydrogen-bond donors (Lipinski definition) is 1. The first-order valence-electron chi connectivity index (χ1n) is 5.33. The van der Waals surface area contributed by atoms with Gasteiger partial charge in [0.25, 0.3) is 0 Å². The summed E-state index contributed by atoms with van der Waals surface area (Å²) in [7, 11) is 0. The summed E-state index contributed by atoms with van der Waals surface area (Å²) in [6.07, 6.45) is 2.74. The second-order valence-corrected chi connectivity index (χ2v) is 4.56. The van der Waals surface area contributed by atoms with Crippen LogP contribution in [0.2, 0.25) is 0 Å². The summed E-state index contributed by atoms with van der Waals surface area (Å²) in [5.74, 6) is 0.778. The number of nitrogens with zero attached hydrogens (tertiary/aromatic N) is 4. The fourth-order valence-corrected chi connectivity index (χ4v) is 2.46. The van der Waals surface area contributed by atoms with Crippen molar-refractivity contribution in [1.82, 2.24) is 19.6 Å². The third-order valence-corrected chi connectivity index (χ3v) is 3.36. The van der Waals surface area contributed by atoms with Crippen molar-refractivity contribution in [2.45, 2.75) is 6.42 Å². The minimum Gasteiger partial charge on any atom is -0.330 e. The number of aromatic nitrogens is 4. The Morgan fingerprint density at radius 3 is 3.12 bits per heavy atom. The van der Waals surface area contributed by atoms with Crippen molar-refractivity contribution in [2.75, 3.05) is 6.54 Å². The highest BCUT2D eigenvalue weighted by molar-refractivity contribution is 7.09. The molecule has 2 N–H and O–H groups in total. The maximum Gasteiger partial charge on any atom is 0.187 e. The SMILES string of the molecule is NCCc1nc(-c2nnc3ccccn23)cs1. The summed E-state index contributed by atoms with van der Waals surface area (Å²) in [4.78, 5) is 4.51. The zero-order valence-electron chi connectivity index (χ0n) is 9.08. The van der Waals surface area contributed by atoms with Crippen LogP contribution in [0.15, 0.2) is 29.8 Å². The molecule has 0 bridgehead atoms. The first kappa shape index (κ1) is 10.4. The van der Waals surface area contributed by atoms with Gasteiger partial charge in [0.15, 0.2) is 11.5 Å². The van der Waals surface area contributed by atoms with Gasteiger partial charge in [0, 0.05) is 18.0 Å². The molecule has 17 heavy (non-hydrogen) atoms. The largest absolute Gasteiger partial charge is 0.330 e. The van der Waals surface area contributed by atoms with Crippen LogP contribution >= 0.6 is 11.3 Å². The van der Waals surface area contributed by atoms with Crippen LogP contribution in [0.5, 0.6) is 0 Å². The van der Waals surface area contributed by atoms with Crippen molar-refractivity contribution < 1.29 is 0 Å². The summed E-state index contributed by atoms with van der Waals surface area (Å²) >= 11 is 1.61. The standard InChI is InChI=1S/C11H11N5S/c12-5-4-10-13-8(7-17-10)11-15-14-9-3-1-2-6-16(9)11/h1-3,6-7H,4-5,12H2. The van der Waals surface area contributed by atoms with E-state index in [1.54, 1.807) is 11.3 Å². The van der Waals surface area contributed by atoms with Crippen LogP contribution in [0.4, 0.5) is 0 Å². The Balaban J connectivity index is 2.07. The van der Waals surface area contributed by atoms with Gasteiger partial charge in [-0.3, -0.25) is 4.40 Å². The summed E-state index contributed by atoms with van der Waals surface area (Å²) in [6.45, 7) is 0.619. The van der Waals surface area contributed by atoms with Crippen molar-refractivity contribution >= 4 is 17.0 Å². The predicted molar refractivity (Wildman–Crippen MR) is 66.9 cm³/mol. The molecule has 86 valence electrons. The highest BCUT2D eigenvalue weighted by atomic mass is 32.1. The Hall–Kier alpha value is -1.79. The lowest BCUT2D eigenvalue weighted by Crippen LogP contribution is -2.02. The number of nitrogens with two attached hydrogens (primary N) is 1. The Bertz CT molecular complexity index is 642. The summed E-state index contributed by atoms with van der Waals surface area (Å²) in [5, 5.41) is 11.3. The normalized spacial score (nSPS) is 11.1. The van der Waals surface area contributed by atoms with E-state index in [0.29, 0.717) is 6.54 Å². The number of hydrogen-bond acceptors (Lipinski definition) is 5. The summed E-state index contributed by atoms with van der Waals surface area (Å²) < 4.78 is 1.93. The van der Waals surface area contributed by atoms with E-state index in [2.05, 4.69) is 15.2 Å². The third kappa shape index (κ3) is 1.81. The maximum absolute atomic E-state index is 5.51. The molecule has 0 atom stereocenters. The molecule has 0 aromatic carbocycles. The molecule has 0 fully saturated rings. The molecule has 0 unspecified atom stereocenters. The lowest BCUT2D eigenvalue weighted by molar-refractivity contribution is 0.950. The minimum atomic E-state index is 0.619. The van der Waals surface area contributed by atoms with Crippen LogP contribution in [0.25, 0.3) is 17.2 Å². The fraction of sp³-hybridized carbons (Fsp3) is 0.182. The van der Waals surface area contributed by atoms with Crippen LogP contribution in [0, 0.1) is 0 Å². The molecule has 3 rings (SSSR count). The lowest BCUT2D eigenvalue weighted by atomic mass is 10.4. The number of fused-ring (bicyclic) bond motifs is 1. The monoisotopic (exact) mass is 245 g/mol. The average molecular weight is 245 g/mol. The molecule has 0 saturated heterocycles. The van der Waals surface area contributed by atoms with Gasteiger partial charge in [-0.25, -0.2) is 4.98 Å². The molecule has 0 aliphatic carbocycles. The van der Waals surface area contributed by atoms with Gasteiger partial charge in [0.05, 0.1) is 5.01 Å². The second kappa shape index (κ2) is 4.23. The molecule has 0 aliphatic rings. The first-order valence-corrected chi connectivity index (χ1v) is 6.21. The van der Waals surface area contributed by atoms with Crippen molar-refractivity contribution in [3.63, 3.8) is 0 Å². The summed E-state index contributed by atoms with van der Waals surface area (Å²) in [6, 6.07) is 5.81. The van der Waals surface area contributed by atoms with E-state index in [0.717, 1.165) is 28.6 Å². The van der Waals surface area contributed by atoms with Crippen molar-refractivity contribution in [3.05, 3.63) is 34.8 Å². The Morgan fingerprint density at radius 1 is 1.29 bits per heavy atom.